The smallest absolute Gasteiger partial charge is 0.327 e. The zero-order valence-electron chi connectivity index (χ0n) is 14.1. The van der Waals surface area contributed by atoms with Gasteiger partial charge in [-0.3, -0.25) is 14.5 Å². The topological polar surface area (TPSA) is 90.5 Å². The number of aliphatic carboxylic acids is 1. The van der Waals surface area contributed by atoms with Gasteiger partial charge >= 0.3 is 5.97 Å². The van der Waals surface area contributed by atoms with Gasteiger partial charge in [0.25, 0.3) is 11.8 Å². The second-order valence-electron chi connectivity index (χ2n) is 6.30. The van der Waals surface area contributed by atoms with Crippen molar-refractivity contribution in [1.29, 1.82) is 0 Å². The zero-order chi connectivity index (χ0) is 19.1. The molecule has 2 aromatic carbocycles. The summed E-state index contributed by atoms with van der Waals surface area (Å²) in [6, 6.07) is 10.6. The van der Waals surface area contributed by atoms with Gasteiger partial charge in [-0.2, -0.15) is 0 Å². The molecule has 1 atom stereocenters. The molecule has 2 amide bonds. The van der Waals surface area contributed by atoms with Crippen LogP contribution in [0.1, 0.15) is 31.8 Å². The maximum absolute atomic E-state index is 12.8. The summed E-state index contributed by atoms with van der Waals surface area (Å²) in [5, 5.41) is 10.6. The third-order valence-corrected chi connectivity index (χ3v) is 4.77. The van der Waals surface area contributed by atoms with E-state index >= 15 is 0 Å². The van der Waals surface area contributed by atoms with E-state index in [0.717, 1.165) is 21.4 Å². The van der Waals surface area contributed by atoms with Gasteiger partial charge in [0.15, 0.2) is 0 Å². The van der Waals surface area contributed by atoms with Crippen LogP contribution in [0, 0.1) is 12.3 Å². The summed E-state index contributed by atoms with van der Waals surface area (Å²) in [6.45, 7) is 0. The summed E-state index contributed by atoms with van der Waals surface area (Å²) >= 11 is 0. The van der Waals surface area contributed by atoms with Gasteiger partial charge in [0, 0.05) is 29.1 Å². The van der Waals surface area contributed by atoms with Crippen molar-refractivity contribution in [2.45, 2.75) is 12.5 Å². The third kappa shape index (κ3) is 2.57. The molecular formula is C21H14N2O4. The highest BCUT2D eigenvalue weighted by Crippen LogP contribution is 2.28. The number of carbonyl (C=O) groups is 3. The largest absolute Gasteiger partial charge is 0.480 e. The van der Waals surface area contributed by atoms with E-state index in [9.17, 15) is 19.5 Å². The first kappa shape index (κ1) is 16.6. The molecule has 1 aliphatic heterocycles. The first-order valence-electron chi connectivity index (χ1n) is 8.27. The summed E-state index contributed by atoms with van der Waals surface area (Å²) in [5.74, 6) is -0.0898. The highest BCUT2D eigenvalue weighted by atomic mass is 16.4. The number of fused-ring (bicyclic) bond motifs is 2. The number of aromatic amines is 1. The first-order chi connectivity index (χ1) is 13.0. The molecule has 3 aromatic rings. The summed E-state index contributed by atoms with van der Waals surface area (Å²) in [6.07, 6.45) is 7.06. The van der Waals surface area contributed by atoms with E-state index < -0.39 is 23.8 Å². The van der Waals surface area contributed by atoms with Crippen LogP contribution in [-0.4, -0.2) is 38.8 Å². The molecule has 1 aromatic heterocycles. The number of carboxylic acids is 1. The maximum atomic E-state index is 12.8. The molecule has 0 fully saturated rings. The van der Waals surface area contributed by atoms with Crippen LogP contribution in [0.15, 0.2) is 48.7 Å². The van der Waals surface area contributed by atoms with E-state index in [1.54, 1.807) is 12.3 Å². The van der Waals surface area contributed by atoms with Crippen molar-refractivity contribution >= 4 is 28.7 Å². The van der Waals surface area contributed by atoms with Crippen LogP contribution in [0.4, 0.5) is 0 Å². The number of hydrogen-bond donors (Lipinski definition) is 2. The lowest BCUT2D eigenvalue weighted by molar-refractivity contribution is -0.141. The number of carboxylic acid groups (broad SMARTS) is 1. The molecule has 0 radical (unpaired) electrons. The van der Waals surface area contributed by atoms with Crippen LogP contribution >= 0.6 is 0 Å². The quantitative estimate of drug-likeness (QED) is 0.554. The Morgan fingerprint density at radius 1 is 1.15 bits per heavy atom. The zero-order valence-corrected chi connectivity index (χ0v) is 14.1. The van der Waals surface area contributed by atoms with E-state index in [1.165, 1.54) is 12.1 Å². The number of hydrogen-bond acceptors (Lipinski definition) is 3. The number of nitrogens with zero attached hydrogens (tertiary/aromatic N) is 1. The number of H-pyrrole nitrogens is 1. The van der Waals surface area contributed by atoms with E-state index in [4.69, 9.17) is 6.42 Å². The van der Waals surface area contributed by atoms with Crippen LogP contribution in [0.3, 0.4) is 0 Å². The standard InChI is InChI=1S/C21H14N2O4/c1-2-12-7-8-15-16(9-12)20(25)23(19(15)24)18(21(26)27)10-13-11-22-17-6-4-3-5-14(13)17/h1,3-9,11,18,22H,10H2,(H,26,27)/t18-/m0/s1. The predicted octanol–water partition coefficient (Wildman–Crippen LogP) is 2.44. The average molecular weight is 358 g/mol. The van der Waals surface area contributed by atoms with Crippen LogP contribution in [0.2, 0.25) is 0 Å². The molecule has 0 saturated carbocycles. The normalized spacial score (nSPS) is 14.3. The monoisotopic (exact) mass is 358 g/mol. The molecule has 27 heavy (non-hydrogen) atoms. The number of rotatable bonds is 4. The van der Waals surface area contributed by atoms with E-state index in [2.05, 4.69) is 10.9 Å². The number of imide groups is 1. The Bertz CT molecular complexity index is 1150. The highest BCUT2D eigenvalue weighted by molar-refractivity contribution is 6.22. The third-order valence-electron chi connectivity index (χ3n) is 4.77. The van der Waals surface area contributed by atoms with E-state index in [0.29, 0.717) is 5.56 Å². The molecule has 0 unspecified atom stereocenters. The molecule has 2 N–H and O–H groups in total. The molecule has 0 aliphatic carbocycles. The van der Waals surface area contributed by atoms with Crippen molar-refractivity contribution in [1.82, 2.24) is 9.88 Å². The van der Waals surface area contributed by atoms with Gasteiger partial charge in [-0.15, -0.1) is 6.42 Å². The van der Waals surface area contributed by atoms with Crippen molar-refractivity contribution in [3.63, 3.8) is 0 Å². The molecule has 6 heteroatoms. The van der Waals surface area contributed by atoms with Gasteiger partial charge in [-0.25, -0.2) is 4.79 Å². The van der Waals surface area contributed by atoms with E-state index in [-0.39, 0.29) is 17.5 Å². The van der Waals surface area contributed by atoms with Crippen LogP contribution in [0.5, 0.6) is 0 Å². The summed E-state index contributed by atoms with van der Waals surface area (Å²) in [7, 11) is 0. The fraction of sp³-hybridized carbons (Fsp3) is 0.0952. The Labute approximate surface area is 154 Å². The molecule has 4 rings (SSSR count). The Balaban J connectivity index is 1.73. The minimum Gasteiger partial charge on any atom is -0.480 e. The Hall–Kier alpha value is -3.85. The fourth-order valence-corrected chi connectivity index (χ4v) is 3.43. The molecule has 0 spiro atoms. The SMILES string of the molecule is C#Cc1ccc2c(c1)C(=O)N([C@@H](Cc1c[nH]c3ccccc13)C(=O)O)C2=O. The Kier molecular flexibility index (Phi) is 3.78. The van der Waals surface area contributed by atoms with Crippen molar-refractivity contribution in [2.75, 3.05) is 0 Å². The predicted molar refractivity (Wildman–Crippen MR) is 98.3 cm³/mol. The molecule has 6 nitrogen and oxygen atoms in total. The fourth-order valence-electron chi connectivity index (χ4n) is 3.43. The van der Waals surface area contributed by atoms with Crippen LogP contribution < -0.4 is 0 Å². The molecule has 1 aliphatic rings. The lowest BCUT2D eigenvalue weighted by Gasteiger charge is -2.22. The second-order valence-corrected chi connectivity index (χ2v) is 6.30. The number of terminal acetylenes is 1. The van der Waals surface area contributed by atoms with Crippen molar-refractivity contribution in [2.24, 2.45) is 0 Å². The number of nitrogens with one attached hydrogen (secondary N) is 1. The molecule has 132 valence electrons. The van der Waals surface area contributed by atoms with Gasteiger partial charge in [-0.05, 0) is 29.8 Å². The van der Waals surface area contributed by atoms with Gasteiger partial charge in [0.1, 0.15) is 6.04 Å². The molecule has 0 bridgehead atoms. The summed E-state index contributed by atoms with van der Waals surface area (Å²) in [5.41, 5.74) is 2.35. The van der Waals surface area contributed by atoms with Gasteiger partial charge in [0.2, 0.25) is 0 Å². The molecule has 0 saturated heterocycles. The maximum Gasteiger partial charge on any atom is 0.327 e. The highest BCUT2D eigenvalue weighted by Gasteiger charge is 2.43. The van der Waals surface area contributed by atoms with Gasteiger partial charge in [0.05, 0.1) is 11.1 Å². The number of aromatic nitrogens is 1. The summed E-state index contributed by atoms with van der Waals surface area (Å²) < 4.78 is 0. The Morgan fingerprint density at radius 2 is 1.89 bits per heavy atom. The molecular weight excluding hydrogens is 344 g/mol. The number of amides is 2. The van der Waals surface area contributed by atoms with Crippen LogP contribution in [-0.2, 0) is 11.2 Å². The van der Waals surface area contributed by atoms with Crippen molar-refractivity contribution in [3.05, 3.63) is 70.9 Å². The van der Waals surface area contributed by atoms with Gasteiger partial charge in [-0.1, -0.05) is 24.1 Å². The minimum absolute atomic E-state index is 0.00676. The lowest BCUT2D eigenvalue weighted by atomic mass is 10.0. The average Bonchev–Trinajstić information content (AvgIpc) is 3.19. The summed E-state index contributed by atoms with van der Waals surface area (Å²) in [4.78, 5) is 41.3. The number of para-hydroxylation sites is 1. The second kappa shape index (κ2) is 6.15. The minimum atomic E-state index is -1.31. The van der Waals surface area contributed by atoms with Crippen LogP contribution in [0.25, 0.3) is 10.9 Å². The van der Waals surface area contributed by atoms with Gasteiger partial charge < -0.3 is 10.1 Å². The Morgan fingerprint density at radius 3 is 2.63 bits per heavy atom. The van der Waals surface area contributed by atoms with Crippen molar-refractivity contribution in [3.8, 4) is 12.3 Å². The van der Waals surface area contributed by atoms with Crippen molar-refractivity contribution < 1.29 is 19.5 Å². The molecule has 2 heterocycles. The lowest BCUT2D eigenvalue weighted by Crippen LogP contribution is -2.46. The number of carbonyl (C=O) groups excluding carboxylic acids is 2. The first-order valence-corrected chi connectivity index (χ1v) is 8.27. The van der Waals surface area contributed by atoms with E-state index in [1.807, 2.05) is 24.3 Å². The number of benzene rings is 2.